The van der Waals surface area contributed by atoms with Crippen molar-refractivity contribution in [1.29, 1.82) is 0 Å². The quantitative estimate of drug-likeness (QED) is 0.611. The van der Waals surface area contributed by atoms with E-state index in [0.717, 1.165) is 0 Å². The second kappa shape index (κ2) is 123. The summed E-state index contributed by atoms with van der Waals surface area (Å²) in [5.41, 5.74) is 0. The summed E-state index contributed by atoms with van der Waals surface area (Å²) in [4.78, 5) is 0. The molecule has 0 N–H and O–H groups in total. The first-order valence-electron chi connectivity index (χ1n) is 0.333. The number of hydrogen-bond acceptors (Lipinski definition) is 2. The van der Waals surface area contributed by atoms with Crippen molar-refractivity contribution in [2.45, 2.75) is 14.9 Å². The van der Waals surface area contributed by atoms with Crippen molar-refractivity contribution in [3.05, 3.63) is 0 Å². The van der Waals surface area contributed by atoms with Gasteiger partial charge in [-0.25, -0.2) is 0 Å². The standard InChI is InChI=1S/2CH4.3Mo.2O/h2*1H4;;;;;. The van der Waals surface area contributed by atoms with Crippen molar-refractivity contribution in [2.24, 2.45) is 0 Å². The van der Waals surface area contributed by atoms with Crippen LogP contribution < -0.4 is 0 Å². The van der Waals surface area contributed by atoms with Crippen LogP contribution in [-0.2, 0) is 67.4 Å². The molecule has 7 heavy (non-hydrogen) atoms. The van der Waals surface area contributed by atoms with Gasteiger partial charge in [0.05, 0.1) is 0 Å². The Hall–Kier alpha value is 1.66. The third-order valence-corrected chi connectivity index (χ3v) is 0. The summed E-state index contributed by atoms with van der Waals surface area (Å²) in [6.07, 6.45) is 0. The van der Waals surface area contributed by atoms with Crippen molar-refractivity contribution >= 4 is 0 Å². The fourth-order valence-electron chi connectivity index (χ4n) is 0. The van der Waals surface area contributed by atoms with E-state index >= 15 is 0 Å². The molecule has 0 saturated heterocycles. The van der Waals surface area contributed by atoms with Crippen molar-refractivity contribution < 1.29 is 67.4 Å². The molecular formula is C2H8Mo3O2. The molecule has 0 fully saturated rings. The van der Waals surface area contributed by atoms with Gasteiger partial charge in [0, 0.05) is 21.1 Å². The van der Waals surface area contributed by atoms with Gasteiger partial charge in [0.2, 0.25) is 0 Å². The summed E-state index contributed by atoms with van der Waals surface area (Å²) in [5.74, 6) is 0. The van der Waals surface area contributed by atoms with Crippen molar-refractivity contribution in [3.63, 3.8) is 0 Å². The van der Waals surface area contributed by atoms with E-state index in [1.54, 1.807) is 0 Å². The Morgan fingerprint density at radius 1 is 0.714 bits per heavy atom. The molecule has 0 unspecified atom stereocenters. The summed E-state index contributed by atoms with van der Waals surface area (Å²) in [5, 5.41) is 0. The van der Waals surface area contributed by atoms with Gasteiger partial charge in [-0.1, -0.05) is 14.9 Å². The molecule has 0 aliphatic carbocycles. The third kappa shape index (κ3) is 88.7. The normalized spacial score (nSPS) is 1.14. The Bertz CT molecular complexity index is 12.9. The first-order chi connectivity index (χ1) is 2.00. The van der Waals surface area contributed by atoms with E-state index in [-0.39, 0.29) is 35.9 Å². The molecule has 0 radical (unpaired) electrons. The van der Waals surface area contributed by atoms with E-state index in [1.165, 1.54) is 0 Å². The van der Waals surface area contributed by atoms with Gasteiger partial charge in [0.1, 0.15) is 0 Å². The van der Waals surface area contributed by atoms with Crippen LogP contribution in [0.15, 0.2) is 0 Å². The zero-order chi connectivity index (χ0) is 4.00. The van der Waals surface area contributed by atoms with Crippen LogP contribution in [0.5, 0.6) is 0 Å². The predicted molar refractivity (Wildman–Crippen MR) is 14.8 cm³/mol. The van der Waals surface area contributed by atoms with Crippen molar-refractivity contribution in [1.82, 2.24) is 0 Å². The van der Waals surface area contributed by atoms with Crippen LogP contribution in [0.4, 0.5) is 0 Å². The summed E-state index contributed by atoms with van der Waals surface area (Å²) >= 11 is 1.40. The maximum absolute atomic E-state index is 8.26. The molecule has 46 valence electrons. The van der Waals surface area contributed by atoms with Gasteiger partial charge < -0.3 is 0 Å². The summed E-state index contributed by atoms with van der Waals surface area (Å²) in [6, 6.07) is 0. The second-order valence-corrected chi connectivity index (χ2v) is 0. The van der Waals surface area contributed by atoms with Gasteiger partial charge >= 0.3 is 46.3 Å². The maximum atomic E-state index is 8.26. The zero-order valence-electron chi connectivity index (χ0n) is 2.04. The minimum atomic E-state index is 0. The topological polar surface area (TPSA) is 34.1 Å². The van der Waals surface area contributed by atoms with Gasteiger partial charge in [-0.2, -0.15) is 0 Å². The third-order valence-electron chi connectivity index (χ3n) is 0. The van der Waals surface area contributed by atoms with Crippen LogP contribution in [0.1, 0.15) is 14.9 Å². The number of rotatable bonds is 0. The average Bonchev–Trinajstić information content (AvgIpc) is 1.50. The van der Waals surface area contributed by atoms with E-state index in [9.17, 15) is 0 Å². The van der Waals surface area contributed by atoms with E-state index in [4.69, 9.17) is 6.80 Å². The van der Waals surface area contributed by atoms with Crippen LogP contribution in [-0.4, -0.2) is 0 Å². The molecule has 5 heteroatoms. The Labute approximate surface area is 81.5 Å². The van der Waals surface area contributed by atoms with Crippen molar-refractivity contribution in [2.75, 3.05) is 0 Å². The zero-order valence-corrected chi connectivity index (χ0v) is 8.06. The van der Waals surface area contributed by atoms with Crippen LogP contribution in [0.25, 0.3) is 0 Å². The molecule has 0 aromatic rings. The van der Waals surface area contributed by atoms with Gasteiger partial charge in [0.15, 0.2) is 0 Å². The van der Waals surface area contributed by atoms with Crippen LogP contribution in [0.2, 0.25) is 0 Å². The molecule has 0 heterocycles. The van der Waals surface area contributed by atoms with Crippen LogP contribution >= 0.6 is 0 Å². The molecule has 0 aliphatic heterocycles. The predicted octanol–water partition coefficient (Wildman–Crippen LogP) is 1.03. The first-order valence-corrected chi connectivity index (χ1v) is 1.97. The Morgan fingerprint density at radius 2 is 0.714 bits per heavy atom. The molecule has 0 aromatic carbocycles. The van der Waals surface area contributed by atoms with E-state index in [0.29, 0.717) is 39.6 Å². The molecule has 0 aromatic heterocycles. The van der Waals surface area contributed by atoms with Gasteiger partial charge in [0.25, 0.3) is 0 Å². The Morgan fingerprint density at radius 3 is 0.714 bits per heavy atom. The fourth-order valence-corrected chi connectivity index (χ4v) is 0. The van der Waals surface area contributed by atoms with E-state index < -0.39 is 0 Å². The average molecular weight is 352 g/mol. The monoisotopic (exact) mass is 358 g/mol. The molecule has 0 saturated carbocycles. The van der Waals surface area contributed by atoms with Crippen LogP contribution in [0.3, 0.4) is 0 Å². The molecule has 0 spiro atoms. The van der Waals surface area contributed by atoms with Gasteiger partial charge in [-0.05, 0) is 0 Å². The Balaban J connectivity index is -0.00000000267. The summed E-state index contributed by atoms with van der Waals surface area (Å²) in [7, 11) is 0. The molecule has 0 amide bonds. The van der Waals surface area contributed by atoms with Crippen molar-refractivity contribution in [3.8, 4) is 0 Å². The fraction of sp³-hybridized carbons (Fsp3) is 1.00. The summed E-state index contributed by atoms with van der Waals surface area (Å²) in [6.45, 7) is 0. The second-order valence-electron chi connectivity index (χ2n) is 0. The molecular weight excluding hydrogens is 344 g/mol. The van der Waals surface area contributed by atoms with E-state index in [2.05, 4.69) is 0 Å². The molecule has 0 aliphatic rings. The summed E-state index contributed by atoms with van der Waals surface area (Å²) < 4.78 is 16.5. The molecule has 0 atom stereocenters. The number of hydrogen-bond donors (Lipinski definition) is 0. The van der Waals surface area contributed by atoms with Gasteiger partial charge in [-0.15, -0.1) is 0 Å². The van der Waals surface area contributed by atoms with E-state index in [1.807, 2.05) is 0 Å². The SMILES string of the molecule is C.C.[Mo].[O]=[Mo].[O]=[Mo]. The van der Waals surface area contributed by atoms with Crippen LogP contribution in [0, 0.1) is 0 Å². The Kier molecular flexibility index (Phi) is 665. The first kappa shape index (κ1) is 37.9. The minimum absolute atomic E-state index is 0. The molecule has 0 rings (SSSR count). The molecule has 2 nitrogen and oxygen atoms in total. The molecule has 0 bridgehead atoms. The van der Waals surface area contributed by atoms with Gasteiger partial charge in [-0.3, -0.25) is 0 Å².